The molecule has 3 heterocycles. The maximum Gasteiger partial charge on any atom is 0.254 e. The van der Waals surface area contributed by atoms with Gasteiger partial charge in [0.25, 0.3) is 5.91 Å². The SMILES string of the molecule is O=C(c1ccn2nnnc2c1)N(CC=Cc1ccccc1)CC1CCCO1. The maximum absolute atomic E-state index is 13.1. The smallest absolute Gasteiger partial charge is 0.254 e. The van der Waals surface area contributed by atoms with Crippen molar-refractivity contribution in [3.63, 3.8) is 0 Å². The molecule has 1 saturated heterocycles. The van der Waals surface area contributed by atoms with Gasteiger partial charge in [-0.1, -0.05) is 42.5 Å². The van der Waals surface area contributed by atoms with E-state index >= 15 is 0 Å². The minimum Gasteiger partial charge on any atom is -0.376 e. The van der Waals surface area contributed by atoms with Gasteiger partial charge in [-0.15, -0.1) is 5.10 Å². The van der Waals surface area contributed by atoms with Gasteiger partial charge in [0.05, 0.1) is 6.10 Å². The second kappa shape index (κ2) is 8.09. The third-order valence-electron chi connectivity index (χ3n) is 4.62. The molecule has 27 heavy (non-hydrogen) atoms. The van der Waals surface area contributed by atoms with E-state index in [1.807, 2.05) is 47.4 Å². The molecule has 0 bridgehead atoms. The van der Waals surface area contributed by atoms with Crippen LogP contribution in [0.3, 0.4) is 0 Å². The van der Waals surface area contributed by atoms with Gasteiger partial charge in [-0.3, -0.25) is 4.79 Å². The van der Waals surface area contributed by atoms with Crippen molar-refractivity contribution in [3.05, 3.63) is 65.9 Å². The molecule has 1 aliphatic rings. The third kappa shape index (κ3) is 4.20. The molecule has 1 aromatic carbocycles. The van der Waals surface area contributed by atoms with E-state index in [0.29, 0.717) is 24.3 Å². The Morgan fingerprint density at radius 1 is 1.30 bits per heavy atom. The van der Waals surface area contributed by atoms with Gasteiger partial charge < -0.3 is 9.64 Å². The van der Waals surface area contributed by atoms with E-state index in [0.717, 1.165) is 25.0 Å². The standard InChI is InChI=1S/C20H21N5O2/c26-20(17-10-12-25-19(14-17)21-22-23-25)24(15-18-9-5-13-27-18)11-4-8-16-6-2-1-3-7-16/h1-4,6-8,10,12,14,18H,5,9,11,13,15H2. The monoisotopic (exact) mass is 363 g/mol. The summed E-state index contributed by atoms with van der Waals surface area (Å²) in [5.74, 6) is -0.0475. The Hall–Kier alpha value is -3.06. The normalized spacial score (nSPS) is 17.0. The molecule has 3 aromatic rings. The molecule has 138 valence electrons. The van der Waals surface area contributed by atoms with Gasteiger partial charge in [-0.2, -0.15) is 0 Å². The first-order valence-corrected chi connectivity index (χ1v) is 9.10. The highest BCUT2D eigenvalue weighted by Crippen LogP contribution is 2.16. The highest BCUT2D eigenvalue weighted by atomic mass is 16.5. The molecule has 7 heteroatoms. The molecule has 7 nitrogen and oxygen atoms in total. The van der Waals surface area contributed by atoms with Crippen LogP contribution in [0.15, 0.2) is 54.7 Å². The number of fused-ring (bicyclic) bond motifs is 1. The number of rotatable bonds is 6. The van der Waals surface area contributed by atoms with Crippen LogP contribution in [0.4, 0.5) is 0 Å². The van der Waals surface area contributed by atoms with Crippen molar-refractivity contribution in [3.8, 4) is 0 Å². The molecule has 0 N–H and O–H groups in total. The van der Waals surface area contributed by atoms with E-state index in [1.165, 1.54) is 4.52 Å². The van der Waals surface area contributed by atoms with E-state index in [1.54, 1.807) is 18.3 Å². The van der Waals surface area contributed by atoms with Crippen LogP contribution in [0.1, 0.15) is 28.8 Å². The summed E-state index contributed by atoms with van der Waals surface area (Å²) in [5, 5.41) is 11.4. The summed E-state index contributed by atoms with van der Waals surface area (Å²) >= 11 is 0. The Bertz CT molecular complexity index is 932. The lowest BCUT2D eigenvalue weighted by Gasteiger charge is -2.24. The predicted molar refractivity (Wildman–Crippen MR) is 101 cm³/mol. The van der Waals surface area contributed by atoms with Crippen molar-refractivity contribution in [1.82, 2.24) is 24.9 Å². The maximum atomic E-state index is 13.1. The summed E-state index contributed by atoms with van der Waals surface area (Å²) in [4.78, 5) is 14.9. The number of tetrazole rings is 1. The number of carbonyl (C=O) groups is 1. The molecule has 1 unspecified atom stereocenters. The Morgan fingerprint density at radius 2 is 2.19 bits per heavy atom. The third-order valence-corrected chi connectivity index (χ3v) is 4.62. The first kappa shape index (κ1) is 17.4. The van der Waals surface area contributed by atoms with Crippen molar-refractivity contribution >= 4 is 17.6 Å². The topological polar surface area (TPSA) is 72.6 Å². The first-order chi connectivity index (χ1) is 13.3. The summed E-state index contributed by atoms with van der Waals surface area (Å²) in [7, 11) is 0. The minimum atomic E-state index is -0.0475. The van der Waals surface area contributed by atoms with E-state index in [9.17, 15) is 4.79 Å². The quantitative estimate of drug-likeness (QED) is 0.673. The summed E-state index contributed by atoms with van der Waals surface area (Å²) in [5.41, 5.74) is 2.24. The average Bonchev–Trinajstić information content (AvgIpc) is 3.38. The molecule has 1 amide bonds. The van der Waals surface area contributed by atoms with Gasteiger partial charge in [0, 0.05) is 31.5 Å². The molecule has 0 spiro atoms. The van der Waals surface area contributed by atoms with Crippen LogP contribution in [-0.4, -0.2) is 56.6 Å². The van der Waals surface area contributed by atoms with Crippen LogP contribution in [0.25, 0.3) is 11.7 Å². The lowest BCUT2D eigenvalue weighted by molar-refractivity contribution is 0.0554. The second-order valence-corrected chi connectivity index (χ2v) is 6.56. The van der Waals surface area contributed by atoms with Crippen LogP contribution in [-0.2, 0) is 4.74 Å². The average molecular weight is 363 g/mol. The number of pyridine rings is 1. The van der Waals surface area contributed by atoms with E-state index in [2.05, 4.69) is 15.5 Å². The molecule has 0 saturated carbocycles. The van der Waals surface area contributed by atoms with Crippen LogP contribution >= 0.6 is 0 Å². The Balaban J connectivity index is 1.52. The molecule has 0 radical (unpaired) electrons. The zero-order valence-corrected chi connectivity index (χ0v) is 14.9. The number of benzene rings is 1. The minimum absolute atomic E-state index is 0.0475. The van der Waals surface area contributed by atoms with Crippen molar-refractivity contribution in [2.24, 2.45) is 0 Å². The van der Waals surface area contributed by atoms with Crippen LogP contribution in [0, 0.1) is 0 Å². The first-order valence-electron chi connectivity index (χ1n) is 9.10. The number of carbonyl (C=O) groups excluding carboxylic acids is 1. The van der Waals surface area contributed by atoms with Crippen molar-refractivity contribution in [1.29, 1.82) is 0 Å². The fraction of sp³-hybridized carbons (Fsp3) is 0.300. The Labute approximate surface area is 157 Å². The van der Waals surface area contributed by atoms with Gasteiger partial charge in [-0.05, 0) is 41.0 Å². The largest absolute Gasteiger partial charge is 0.376 e. The molecule has 4 rings (SSSR count). The zero-order valence-electron chi connectivity index (χ0n) is 14.9. The Kier molecular flexibility index (Phi) is 5.20. The molecule has 2 aromatic heterocycles. The summed E-state index contributed by atoms with van der Waals surface area (Å²) in [6, 6.07) is 13.5. The number of aromatic nitrogens is 4. The van der Waals surface area contributed by atoms with Gasteiger partial charge in [-0.25, -0.2) is 4.52 Å². The van der Waals surface area contributed by atoms with Crippen LogP contribution in [0.2, 0.25) is 0 Å². The number of ether oxygens (including phenoxy) is 1. The number of nitrogens with zero attached hydrogens (tertiary/aromatic N) is 5. The van der Waals surface area contributed by atoms with Crippen molar-refractivity contribution in [2.45, 2.75) is 18.9 Å². The molecular weight excluding hydrogens is 342 g/mol. The number of hydrogen-bond donors (Lipinski definition) is 0. The molecule has 0 aliphatic carbocycles. The molecule has 1 aliphatic heterocycles. The molecular formula is C20H21N5O2. The zero-order chi connectivity index (χ0) is 18.5. The lowest BCUT2D eigenvalue weighted by atomic mass is 10.1. The van der Waals surface area contributed by atoms with Crippen molar-refractivity contribution < 1.29 is 9.53 Å². The van der Waals surface area contributed by atoms with Gasteiger partial charge in [0.15, 0.2) is 5.65 Å². The highest BCUT2D eigenvalue weighted by Gasteiger charge is 2.23. The van der Waals surface area contributed by atoms with E-state index in [4.69, 9.17) is 4.74 Å². The number of hydrogen-bond acceptors (Lipinski definition) is 5. The summed E-state index contributed by atoms with van der Waals surface area (Å²) in [6.45, 7) is 1.86. The van der Waals surface area contributed by atoms with E-state index < -0.39 is 0 Å². The summed E-state index contributed by atoms with van der Waals surface area (Å²) < 4.78 is 7.28. The van der Waals surface area contributed by atoms with Crippen molar-refractivity contribution in [2.75, 3.05) is 19.7 Å². The van der Waals surface area contributed by atoms with Crippen LogP contribution < -0.4 is 0 Å². The van der Waals surface area contributed by atoms with Gasteiger partial charge in [0.2, 0.25) is 0 Å². The Morgan fingerprint density at radius 3 is 3.00 bits per heavy atom. The second-order valence-electron chi connectivity index (χ2n) is 6.56. The lowest BCUT2D eigenvalue weighted by Crippen LogP contribution is -2.37. The molecule has 1 fully saturated rings. The predicted octanol–water partition coefficient (Wildman–Crippen LogP) is 2.46. The van der Waals surface area contributed by atoms with Gasteiger partial charge >= 0.3 is 0 Å². The molecule has 1 atom stereocenters. The number of amides is 1. The van der Waals surface area contributed by atoms with Crippen LogP contribution in [0.5, 0.6) is 0 Å². The fourth-order valence-corrected chi connectivity index (χ4v) is 3.21. The van der Waals surface area contributed by atoms with Gasteiger partial charge in [0.1, 0.15) is 0 Å². The van der Waals surface area contributed by atoms with E-state index in [-0.39, 0.29) is 12.0 Å². The highest BCUT2D eigenvalue weighted by molar-refractivity contribution is 5.95. The summed E-state index contributed by atoms with van der Waals surface area (Å²) in [6.07, 6.45) is 7.87. The fourth-order valence-electron chi connectivity index (χ4n) is 3.21.